The normalized spacial score (nSPS) is 19.4. The smallest absolute Gasteiger partial charge is 0.274 e. The summed E-state index contributed by atoms with van der Waals surface area (Å²) in [4.78, 5) is 12.2. The van der Waals surface area contributed by atoms with Gasteiger partial charge in [0.25, 0.3) is 5.56 Å². The highest BCUT2D eigenvalue weighted by molar-refractivity contribution is 5.81. The minimum atomic E-state index is -0.0811. The standard InChI is InChI=1S/C14H17N3O/c15-12-8-10-4-1-2-6-13(10)17(14(12)18)9-11-5-3-7-16-11/h1-2,4,6,8,11,16H,3,5,7,9,15H2. The van der Waals surface area contributed by atoms with Gasteiger partial charge in [-0.3, -0.25) is 4.79 Å². The second-order valence-electron chi connectivity index (χ2n) is 4.87. The average Bonchev–Trinajstić information content (AvgIpc) is 2.88. The van der Waals surface area contributed by atoms with Gasteiger partial charge in [0.2, 0.25) is 0 Å². The van der Waals surface area contributed by atoms with Crippen LogP contribution in [0.4, 0.5) is 5.69 Å². The summed E-state index contributed by atoms with van der Waals surface area (Å²) in [7, 11) is 0. The number of nitrogens with two attached hydrogens (primary N) is 1. The molecule has 0 aliphatic carbocycles. The van der Waals surface area contributed by atoms with Crippen molar-refractivity contribution in [3.05, 3.63) is 40.7 Å². The highest BCUT2D eigenvalue weighted by Gasteiger charge is 2.16. The van der Waals surface area contributed by atoms with E-state index in [4.69, 9.17) is 5.73 Å². The van der Waals surface area contributed by atoms with Crippen molar-refractivity contribution in [1.82, 2.24) is 9.88 Å². The van der Waals surface area contributed by atoms with Crippen molar-refractivity contribution in [2.75, 3.05) is 12.3 Å². The van der Waals surface area contributed by atoms with Crippen LogP contribution in [0.2, 0.25) is 0 Å². The third kappa shape index (κ3) is 1.88. The number of nitrogens with zero attached hydrogens (tertiary/aromatic N) is 1. The number of hydrogen-bond acceptors (Lipinski definition) is 3. The molecule has 1 aromatic carbocycles. The maximum Gasteiger partial charge on any atom is 0.274 e. The van der Waals surface area contributed by atoms with E-state index in [0.717, 1.165) is 23.9 Å². The van der Waals surface area contributed by atoms with E-state index >= 15 is 0 Å². The molecular weight excluding hydrogens is 226 g/mol. The van der Waals surface area contributed by atoms with Gasteiger partial charge < -0.3 is 15.6 Å². The summed E-state index contributed by atoms with van der Waals surface area (Å²) in [5.41, 5.74) is 7.02. The minimum absolute atomic E-state index is 0.0811. The Hall–Kier alpha value is -1.81. The molecule has 0 bridgehead atoms. The second-order valence-corrected chi connectivity index (χ2v) is 4.87. The summed E-state index contributed by atoms with van der Waals surface area (Å²) in [6.07, 6.45) is 2.30. The van der Waals surface area contributed by atoms with E-state index in [2.05, 4.69) is 5.32 Å². The first-order valence-electron chi connectivity index (χ1n) is 6.37. The van der Waals surface area contributed by atoms with Crippen LogP contribution in [0.15, 0.2) is 35.1 Å². The summed E-state index contributed by atoms with van der Waals surface area (Å²) in [5, 5.41) is 4.44. The lowest BCUT2D eigenvalue weighted by Gasteiger charge is -2.15. The molecule has 3 rings (SSSR count). The van der Waals surface area contributed by atoms with Crippen molar-refractivity contribution in [2.45, 2.75) is 25.4 Å². The Labute approximate surface area is 105 Å². The van der Waals surface area contributed by atoms with Gasteiger partial charge in [-0.1, -0.05) is 18.2 Å². The zero-order chi connectivity index (χ0) is 12.5. The van der Waals surface area contributed by atoms with Crippen LogP contribution in [-0.2, 0) is 6.54 Å². The van der Waals surface area contributed by atoms with Crippen LogP contribution in [0.5, 0.6) is 0 Å². The van der Waals surface area contributed by atoms with Gasteiger partial charge in [0.15, 0.2) is 0 Å². The Bertz CT molecular complexity index is 626. The lowest BCUT2D eigenvalue weighted by Crippen LogP contribution is -2.33. The Balaban J connectivity index is 2.12. The van der Waals surface area contributed by atoms with Crippen LogP contribution in [0.3, 0.4) is 0 Å². The molecule has 4 nitrogen and oxygen atoms in total. The van der Waals surface area contributed by atoms with E-state index < -0.39 is 0 Å². The molecule has 2 aromatic rings. The first-order chi connectivity index (χ1) is 8.75. The Morgan fingerprint density at radius 3 is 3.00 bits per heavy atom. The molecule has 0 radical (unpaired) electrons. The molecule has 0 saturated carbocycles. The number of nitrogen functional groups attached to an aromatic ring is 1. The number of nitrogens with one attached hydrogen (secondary N) is 1. The summed E-state index contributed by atoms with van der Waals surface area (Å²) >= 11 is 0. The average molecular weight is 243 g/mol. The van der Waals surface area contributed by atoms with E-state index in [1.165, 1.54) is 6.42 Å². The van der Waals surface area contributed by atoms with Crippen LogP contribution in [0, 0.1) is 0 Å². The highest BCUT2D eigenvalue weighted by atomic mass is 16.1. The van der Waals surface area contributed by atoms with E-state index in [9.17, 15) is 4.79 Å². The van der Waals surface area contributed by atoms with Gasteiger partial charge in [0.05, 0.1) is 11.2 Å². The summed E-state index contributed by atoms with van der Waals surface area (Å²) in [6.45, 7) is 1.74. The van der Waals surface area contributed by atoms with Crippen LogP contribution in [0.25, 0.3) is 10.9 Å². The highest BCUT2D eigenvalue weighted by Crippen LogP contribution is 2.16. The van der Waals surface area contributed by atoms with Gasteiger partial charge in [-0.15, -0.1) is 0 Å². The predicted octanol–water partition coefficient (Wildman–Crippen LogP) is 1.34. The minimum Gasteiger partial charge on any atom is -0.394 e. The fourth-order valence-electron chi connectivity index (χ4n) is 2.66. The van der Waals surface area contributed by atoms with Gasteiger partial charge in [0.1, 0.15) is 0 Å². The molecule has 18 heavy (non-hydrogen) atoms. The SMILES string of the molecule is Nc1cc2ccccc2n(CC2CCCN2)c1=O. The monoisotopic (exact) mass is 243 g/mol. The first-order valence-corrected chi connectivity index (χ1v) is 6.37. The Morgan fingerprint density at radius 1 is 1.39 bits per heavy atom. The van der Waals surface area contributed by atoms with Gasteiger partial charge in [-0.25, -0.2) is 0 Å². The summed E-state index contributed by atoms with van der Waals surface area (Å²) in [5.74, 6) is 0. The van der Waals surface area contributed by atoms with Crippen molar-refractivity contribution >= 4 is 16.6 Å². The van der Waals surface area contributed by atoms with E-state index in [-0.39, 0.29) is 5.56 Å². The molecule has 2 heterocycles. The van der Waals surface area contributed by atoms with Crippen LogP contribution < -0.4 is 16.6 Å². The number of anilines is 1. The van der Waals surface area contributed by atoms with Crippen LogP contribution >= 0.6 is 0 Å². The summed E-state index contributed by atoms with van der Waals surface area (Å²) in [6, 6.07) is 10.0. The largest absolute Gasteiger partial charge is 0.394 e. The van der Waals surface area contributed by atoms with Gasteiger partial charge in [-0.05, 0) is 31.5 Å². The van der Waals surface area contributed by atoms with Crippen molar-refractivity contribution in [3.63, 3.8) is 0 Å². The molecule has 0 spiro atoms. The van der Waals surface area contributed by atoms with Crippen molar-refractivity contribution in [1.29, 1.82) is 0 Å². The molecule has 1 saturated heterocycles. The molecule has 0 amide bonds. The Kier molecular flexibility index (Phi) is 2.80. The van der Waals surface area contributed by atoms with Gasteiger partial charge in [0, 0.05) is 18.0 Å². The van der Waals surface area contributed by atoms with E-state index in [0.29, 0.717) is 18.3 Å². The third-order valence-corrected chi connectivity index (χ3v) is 3.60. The molecule has 1 unspecified atom stereocenters. The number of para-hydroxylation sites is 1. The van der Waals surface area contributed by atoms with Crippen molar-refractivity contribution in [2.24, 2.45) is 0 Å². The maximum absolute atomic E-state index is 12.2. The van der Waals surface area contributed by atoms with Gasteiger partial charge >= 0.3 is 0 Å². The number of fused-ring (bicyclic) bond motifs is 1. The fraction of sp³-hybridized carbons (Fsp3) is 0.357. The number of pyridine rings is 1. The van der Waals surface area contributed by atoms with Crippen LogP contribution in [-0.4, -0.2) is 17.2 Å². The molecule has 1 atom stereocenters. The van der Waals surface area contributed by atoms with E-state index in [1.54, 1.807) is 10.6 Å². The zero-order valence-electron chi connectivity index (χ0n) is 10.2. The first kappa shape index (κ1) is 11.3. The number of aromatic nitrogens is 1. The topological polar surface area (TPSA) is 60.0 Å². The lowest BCUT2D eigenvalue weighted by molar-refractivity contribution is 0.510. The predicted molar refractivity (Wildman–Crippen MR) is 73.6 cm³/mol. The quantitative estimate of drug-likeness (QED) is 0.836. The molecule has 1 aromatic heterocycles. The molecule has 1 fully saturated rings. The molecule has 1 aliphatic rings. The number of hydrogen-bond donors (Lipinski definition) is 2. The Morgan fingerprint density at radius 2 is 2.22 bits per heavy atom. The zero-order valence-corrected chi connectivity index (χ0v) is 10.2. The molecular formula is C14H17N3O. The number of benzene rings is 1. The second kappa shape index (κ2) is 4.46. The van der Waals surface area contributed by atoms with Gasteiger partial charge in [-0.2, -0.15) is 0 Å². The maximum atomic E-state index is 12.2. The van der Waals surface area contributed by atoms with Crippen molar-refractivity contribution in [3.8, 4) is 0 Å². The summed E-state index contributed by atoms with van der Waals surface area (Å²) < 4.78 is 1.80. The van der Waals surface area contributed by atoms with Crippen molar-refractivity contribution < 1.29 is 0 Å². The van der Waals surface area contributed by atoms with E-state index in [1.807, 2.05) is 24.3 Å². The fourth-order valence-corrected chi connectivity index (χ4v) is 2.66. The molecule has 3 N–H and O–H groups in total. The molecule has 4 heteroatoms. The number of rotatable bonds is 2. The molecule has 94 valence electrons. The lowest BCUT2D eigenvalue weighted by atomic mass is 10.1. The van der Waals surface area contributed by atoms with Crippen LogP contribution in [0.1, 0.15) is 12.8 Å². The third-order valence-electron chi connectivity index (χ3n) is 3.60. The molecule has 1 aliphatic heterocycles.